The summed E-state index contributed by atoms with van der Waals surface area (Å²) in [4.78, 5) is 37.5. The summed E-state index contributed by atoms with van der Waals surface area (Å²) in [7, 11) is 0. The minimum Gasteiger partial charge on any atom is -0.308 e. The quantitative estimate of drug-likeness (QED) is 0.427. The molecule has 1 fully saturated rings. The zero-order valence-corrected chi connectivity index (χ0v) is 21.6. The van der Waals surface area contributed by atoms with E-state index in [1.165, 1.54) is 5.01 Å². The van der Waals surface area contributed by atoms with Gasteiger partial charge in [-0.3, -0.25) is 20.3 Å². The standard InChI is InChI=1S/C26H29ClN6O3/c1-25(2,3)20-14-21(29-24(36)28-18-11-9-17(27)10-12-18)33(30-20)19-8-6-7-16(13-19)15-32-23(35)26(4,5)22(34)31-32/h6-14H,15H2,1-5H3,(H,31,34)(H2,28,29,36). The van der Waals surface area contributed by atoms with Gasteiger partial charge in [0.1, 0.15) is 11.2 Å². The van der Waals surface area contributed by atoms with Gasteiger partial charge in [0.05, 0.1) is 17.9 Å². The second kappa shape index (κ2) is 9.31. The highest BCUT2D eigenvalue weighted by molar-refractivity contribution is 6.30. The van der Waals surface area contributed by atoms with Gasteiger partial charge in [0.15, 0.2) is 0 Å². The van der Waals surface area contributed by atoms with E-state index in [0.717, 1.165) is 11.3 Å². The van der Waals surface area contributed by atoms with E-state index in [4.69, 9.17) is 16.7 Å². The second-order valence-electron chi connectivity index (χ2n) is 10.3. The molecule has 1 saturated heterocycles. The molecule has 2 heterocycles. The molecule has 3 N–H and O–H groups in total. The highest BCUT2D eigenvalue weighted by Gasteiger charge is 2.46. The van der Waals surface area contributed by atoms with E-state index < -0.39 is 11.4 Å². The normalized spacial score (nSPS) is 15.1. The molecule has 1 aliphatic rings. The number of amides is 4. The number of anilines is 2. The van der Waals surface area contributed by atoms with E-state index in [1.807, 2.05) is 51.1 Å². The molecule has 0 bridgehead atoms. The lowest BCUT2D eigenvalue weighted by Gasteiger charge is -2.18. The van der Waals surface area contributed by atoms with Gasteiger partial charge in [-0.1, -0.05) is 44.5 Å². The van der Waals surface area contributed by atoms with Gasteiger partial charge >= 0.3 is 6.03 Å². The van der Waals surface area contributed by atoms with Crippen LogP contribution in [-0.4, -0.2) is 32.6 Å². The number of nitrogens with one attached hydrogen (secondary N) is 3. The molecule has 9 nitrogen and oxygen atoms in total. The van der Waals surface area contributed by atoms with E-state index in [9.17, 15) is 14.4 Å². The van der Waals surface area contributed by atoms with Crippen LogP contribution in [0.2, 0.25) is 5.02 Å². The van der Waals surface area contributed by atoms with Crippen LogP contribution in [0.5, 0.6) is 0 Å². The number of aromatic nitrogens is 2. The van der Waals surface area contributed by atoms with Crippen molar-refractivity contribution in [1.82, 2.24) is 20.2 Å². The molecule has 10 heteroatoms. The predicted molar refractivity (Wildman–Crippen MR) is 139 cm³/mol. The average molecular weight is 509 g/mol. The van der Waals surface area contributed by atoms with Crippen molar-refractivity contribution in [3.05, 3.63) is 70.9 Å². The molecule has 0 saturated carbocycles. The minimum atomic E-state index is -1.10. The fourth-order valence-corrected chi connectivity index (χ4v) is 3.80. The number of carbonyl (C=O) groups excluding carboxylic acids is 3. The molecule has 0 unspecified atom stereocenters. The molecule has 0 spiro atoms. The first-order valence-electron chi connectivity index (χ1n) is 11.5. The molecule has 188 valence electrons. The topological polar surface area (TPSA) is 108 Å². The minimum absolute atomic E-state index is 0.203. The first-order chi connectivity index (χ1) is 16.8. The fraction of sp³-hybridized carbons (Fsp3) is 0.308. The summed E-state index contributed by atoms with van der Waals surface area (Å²) in [5.74, 6) is -0.132. The number of hydrogen-bond acceptors (Lipinski definition) is 4. The Bertz CT molecular complexity index is 1320. The second-order valence-corrected chi connectivity index (χ2v) is 10.7. The van der Waals surface area contributed by atoms with Crippen molar-refractivity contribution in [3.63, 3.8) is 0 Å². The van der Waals surface area contributed by atoms with Gasteiger partial charge in [0, 0.05) is 22.2 Å². The Morgan fingerprint density at radius 3 is 2.36 bits per heavy atom. The van der Waals surface area contributed by atoms with Crippen LogP contribution in [0.1, 0.15) is 45.9 Å². The smallest absolute Gasteiger partial charge is 0.308 e. The number of hydrogen-bond donors (Lipinski definition) is 3. The third kappa shape index (κ3) is 5.21. The molecule has 1 aliphatic heterocycles. The van der Waals surface area contributed by atoms with Crippen LogP contribution in [0, 0.1) is 5.41 Å². The fourth-order valence-electron chi connectivity index (χ4n) is 3.67. The van der Waals surface area contributed by atoms with Gasteiger partial charge in [-0.15, -0.1) is 0 Å². The summed E-state index contributed by atoms with van der Waals surface area (Å²) in [5, 5.41) is 12.3. The van der Waals surface area contributed by atoms with Crippen LogP contribution < -0.4 is 16.1 Å². The SMILES string of the molecule is CC1(C)C(=O)NN(Cc2cccc(-n3nc(C(C)(C)C)cc3NC(=O)Nc3ccc(Cl)cc3)c2)C1=O. The molecule has 0 radical (unpaired) electrons. The van der Waals surface area contributed by atoms with Gasteiger partial charge in [-0.25, -0.2) is 14.5 Å². The lowest BCUT2D eigenvalue weighted by Crippen LogP contribution is -2.35. The molecule has 36 heavy (non-hydrogen) atoms. The number of urea groups is 1. The molecule has 0 atom stereocenters. The van der Waals surface area contributed by atoms with E-state index in [0.29, 0.717) is 22.2 Å². The summed E-state index contributed by atoms with van der Waals surface area (Å²) < 4.78 is 1.65. The summed E-state index contributed by atoms with van der Waals surface area (Å²) in [6.45, 7) is 9.53. The molecule has 4 rings (SSSR count). The lowest BCUT2D eigenvalue weighted by atomic mass is 9.92. The Morgan fingerprint density at radius 1 is 1.06 bits per heavy atom. The number of hydrazine groups is 1. The van der Waals surface area contributed by atoms with Crippen molar-refractivity contribution in [1.29, 1.82) is 0 Å². The molecule has 3 aromatic rings. The van der Waals surface area contributed by atoms with E-state index >= 15 is 0 Å². The van der Waals surface area contributed by atoms with E-state index in [1.54, 1.807) is 42.8 Å². The van der Waals surface area contributed by atoms with Crippen LogP contribution in [0.25, 0.3) is 5.69 Å². The molecular formula is C26H29ClN6O3. The lowest BCUT2D eigenvalue weighted by molar-refractivity contribution is -0.137. The summed E-state index contributed by atoms with van der Waals surface area (Å²) >= 11 is 5.93. The number of carbonyl (C=O) groups is 3. The molecular weight excluding hydrogens is 480 g/mol. The van der Waals surface area contributed by atoms with Crippen molar-refractivity contribution in [2.45, 2.75) is 46.6 Å². The Labute approximate surface area is 214 Å². The summed E-state index contributed by atoms with van der Waals surface area (Å²) in [6.07, 6.45) is 0. The highest BCUT2D eigenvalue weighted by atomic mass is 35.5. The zero-order chi connectivity index (χ0) is 26.3. The van der Waals surface area contributed by atoms with Gasteiger partial charge in [0.25, 0.3) is 11.8 Å². The summed E-state index contributed by atoms with van der Waals surface area (Å²) in [6, 6.07) is 15.6. The molecule has 2 aromatic carbocycles. The maximum absolute atomic E-state index is 12.8. The van der Waals surface area contributed by atoms with E-state index in [-0.39, 0.29) is 23.8 Å². The van der Waals surface area contributed by atoms with Crippen molar-refractivity contribution in [2.24, 2.45) is 5.41 Å². The first kappa shape index (κ1) is 25.2. The first-order valence-corrected chi connectivity index (χ1v) is 11.9. The maximum Gasteiger partial charge on any atom is 0.324 e. The van der Waals surface area contributed by atoms with Crippen LogP contribution in [0.4, 0.5) is 16.3 Å². The largest absolute Gasteiger partial charge is 0.324 e. The Kier molecular flexibility index (Phi) is 6.53. The van der Waals surface area contributed by atoms with Crippen LogP contribution in [-0.2, 0) is 21.5 Å². The average Bonchev–Trinajstić information content (AvgIpc) is 3.31. The van der Waals surface area contributed by atoms with Crippen LogP contribution in [0.15, 0.2) is 54.6 Å². The monoisotopic (exact) mass is 508 g/mol. The van der Waals surface area contributed by atoms with E-state index in [2.05, 4.69) is 16.1 Å². The maximum atomic E-state index is 12.8. The third-order valence-corrected chi connectivity index (χ3v) is 6.15. The van der Waals surface area contributed by atoms with Crippen LogP contribution >= 0.6 is 11.6 Å². The summed E-state index contributed by atoms with van der Waals surface area (Å²) in [5.41, 5.74) is 4.16. The Balaban J connectivity index is 1.60. The van der Waals surface area contributed by atoms with Gasteiger partial charge < -0.3 is 5.32 Å². The predicted octanol–water partition coefficient (Wildman–Crippen LogP) is 4.87. The highest BCUT2D eigenvalue weighted by Crippen LogP contribution is 2.28. The van der Waals surface area contributed by atoms with Crippen molar-refractivity contribution < 1.29 is 14.4 Å². The third-order valence-electron chi connectivity index (χ3n) is 5.90. The molecule has 1 aromatic heterocycles. The van der Waals surface area contributed by atoms with Crippen LogP contribution in [0.3, 0.4) is 0 Å². The van der Waals surface area contributed by atoms with Gasteiger partial charge in [-0.05, 0) is 55.8 Å². The Hall–Kier alpha value is -3.85. The number of benzene rings is 2. The number of halogens is 1. The van der Waals surface area contributed by atoms with Gasteiger partial charge in [-0.2, -0.15) is 5.10 Å². The van der Waals surface area contributed by atoms with Crippen molar-refractivity contribution in [3.8, 4) is 5.69 Å². The van der Waals surface area contributed by atoms with Crippen molar-refractivity contribution in [2.75, 3.05) is 10.6 Å². The Morgan fingerprint density at radius 2 is 1.75 bits per heavy atom. The van der Waals surface area contributed by atoms with Gasteiger partial charge in [0.2, 0.25) is 0 Å². The number of nitrogens with zero attached hydrogens (tertiary/aromatic N) is 3. The van der Waals surface area contributed by atoms with Crippen molar-refractivity contribution >= 4 is 41.0 Å². The zero-order valence-electron chi connectivity index (χ0n) is 20.8. The molecule has 0 aliphatic carbocycles. The molecule has 4 amide bonds. The number of rotatable bonds is 5.